The highest BCUT2D eigenvalue weighted by molar-refractivity contribution is 6.30. The molecule has 0 bridgehead atoms. The van der Waals surface area contributed by atoms with E-state index >= 15 is 0 Å². The van der Waals surface area contributed by atoms with E-state index in [1.165, 1.54) is 6.33 Å². The lowest BCUT2D eigenvalue weighted by atomic mass is 10.1. The highest BCUT2D eigenvalue weighted by atomic mass is 35.5. The average molecular weight is 336 g/mol. The summed E-state index contributed by atoms with van der Waals surface area (Å²) >= 11 is 6.01. The molecule has 5 nitrogen and oxygen atoms in total. The van der Waals surface area contributed by atoms with Crippen LogP contribution >= 0.6 is 11.6 Å². The molecule has 4 rings (SSSR count). The van der Waals surface area contributed by atoms with Crippen molar-refractivity contribution in [3.63, 3.8) is 0 Å². The molecule has 3 aromatic heterocycles. The number of hydrogen-bond donors (Lipinski definition) is 0. The first-order valence-electron chi connectivity index (χ1n) is 7.49. The van der Waals surface area contributed by atoms with Crippen LogP contribution in [0.25, 0.3) is 23.1 Å². The third kappa shape index (κ3) is 2.49. The van der Waals surface area contributed by atoms with Crippen LogP contribution in [0.15, 0.2) is 61.6 Å². The van der Waals surface area contributed by atoms with Gasteiger partial charge in [0.25, 0.3) is 0 Å². The van der Waals surface area contributed by atoms with E-state index in [1.54, 1.807) is 10.9 Å². The SMILES string of the molecule is C=Cn1ncnc1Cc1c(-c2ccc(Cl)cc2)nc2ccccn12. The molecule has 0 aliphatic heterocycles. The van der Waals surface area contributed by atoms with Gasteiger partial charge in [0.15, 0.2) is 0 Å². The summed E-state index contributed by atoms with van der Waals surface area (Å²) in [6, 6.07) is 13.7. The molecule has 0 spiro atoms. The third-order valence-corrected chi connectivity index (χ3v) is 4.14. The van der Waals surface area contributed by atoms with Crippen molar-refractivity contribution in [3.05, 3.63) is 78.1 Å². The fourth-order valence-electron chi connectivity index (χ4n) is 2.76. The second-order valence-electron chi connectivity index (χ2n) is 5.32. The molecule has 6 heteroatoms. The Kier molecular flexibility index (Phi) is 3.63. The Morgan fingerprint density at radius 2 is 1.96 bits per heavy atom. The van der Waals surface area contributed by atoms with Crippen LogP contribution in [0.1, 0.15) is 11.5 Å². The molecule has 24 heavy (non-hydrogen) atoms. The molecule has 0 amide bonds. The van der Waals surface area contributed by atoms with Gasteiger partial charge >= 0.3 is 0 Å². The molecule has 3 heterocycles. The Balaban J connectivity index is 1.90. The Labute approximate surface area is 143 Å². The van der Waals surface area contributed by atoms with Gasteiger partial charge in [-0.1, -0.05) is 36.4 Å². The van der Waals surface area contributed by atoms with Gasteiger partial charge in [-0.05, 0) is 24.3 Å². The predicted molar refractivity (Wildman–Crippen MR) is 94.9 cm³/mol. The molecule has 0 atom stereocenters. The molecule has 0 fully saturated rings. The van der Waals surface area contributed by atoms with E-state index < -0.39 is 0 Å². The summed E-state index contributed by atoms with van der Waals surface area (Å²) < 4.78 is 3.75. The summed E-state index contributed by atoms with van der Waals surface area (Å²) in [6.45, 7) is 3.77. The molecule has 0 N–H and O–H groups in total. The molecule has 0 aliphatic rings. The number of rotatable bonds is 4. The van der Waals surface area contributed by atoms with Crippen molar-refractivity contribution >= 4 is 23.4 Å². The number of hydrogen-bond acceptors (Lipinski definition) is 3. The second kappa shape index (κ2) is 5.94. The second-order valence-corrected chi connectivity index (χ2v) is 5.76. The summed E-state index contributed by atoms with van der Waals surface area (Å²) in [7, 11) is 0. The number of halogens is 1. The monoisotopic (exact) mass is 335 g/mol. The Bertz CT molecular complexity index is 1010. The number of aromatic nitrogens is 5. The lowest BCUT2D eigenvalue weighted by molar-refractivity contribution is 0.840. The highest BCUT2D eigenvalue weighted by Gasteiger charge is 2.16. The zero-order chi connectivity index (χ0) is 16.5. The fourth-order valence-corrected chi connectivity index (χ4v) is 2.88. The van der Waals surface area contributed by atoms with E-state index in [9.17, 15) is 0 Å². The van der Waals surface area contributed by atoms with Crippen molar-refractivity contribution in [2.45, 2.75) is 6.42 Å². The van der Waals surface area contributed by atoms with Crippen LogP contribution in [0.3, 0.4) is 0 Å². The molecule has 0 saturated carbocycles. The van der Waals surface area contributed by atoms with Crippen molar-refractivity contribution in [2.24, 2.45) is 0 Å². The van der Waals surface area contributed by atoms with Crippen LogP contribution in [0, 0.1) is 0 Å². The van der Waals surface area contributed by atoms with Crippen LogP contribution in [-0.2, 0) is 6.42 Å². The number of imidazole rings is 1. The van der Waals surface area contributed by atoms with Gasteiger partial charge < -0.3 is 4.40 Å². The van der Waals surface area contributed by atoms with E-state index in [2.05, 4.69) is 21.1 Å². The quantitative estimate of drug-likeness (QED) is 0.567. The zero-order valence-corrected chi connectivity index (χ0v) is 13.6. The normalized spacial score (nSPS) is 11.0. The minimum atomic E-state index is 0.592. The first-order valence-corrected chi connectivity index (χ1v) is 7.87. The maximum Gasteiger partial charge on any atom is 0.138 e. The van der Waals surface area contributed by atoms with E-state index in [0.29, 0.717) is 11.4 Å². The van der Waals surface area contributed by atoms with E-state index in [4.69, 9.17) is 16.6 Å². The van der Waals surface area contributed by atoms with Crippen molar-refractivity contribution in [3.8, 4) is 11.3 Å². The van der Waals surface area contributed by atoms with Gasteiger partial charge in [-0.25, -0.2) is 14.6 Å². The number of benzene rings is 1. The fraction of sp³-hybridized carbons (Fsp3) is 0.0556. The predicted octanol–water partition coefficient (Wildman–Crippen LogP) is 3.94. The average Bonchev–Trinajstić information content (AvgIpc) is 3.21. The molecule has 1 aromatic carbocycles. The molecule has 0 aliphatic carbocycles. The molecule has 0 saturated heterocycles. The first kappa shape index (κ1) is 14.7. The Hall–Kier alpha value is -2.92. The lowest BCUT2D eigenvalue weighted by Gasteiger charge is -2.05. The molecule has 4 aromatic rings. The maximum absolute atomic E-state index is 6.01. The van der Waals surface area contributed by atoms with Gasteiger partial charge in [-0.2, -0.15) is 5.10 Å². The maximum atomic E-state index is 6.01. The van der Waals surface area contributed by atoms with Crippen molar-refractivity contribution in [1.82, 2.24) is 24.1 Å². The summed E-state index contributed by atoms with van der Waals surface area (Å²) in [5, 5.41) is 4.85. The van der Waals surface area contributed by atoms with Gasteiger partial charge in [0.05, 0.1) is 17.8 Å². The molecule has 0 unspecified atom stereocenters. The highest BCUT2D eigenvalue weighted by Crippen LogP contribution is 2.27. The van der Waals surface area contributed by atoms with Crippen molar-refractivity contribution < 1.29 is 0 Å². The lowest BCUT2D eigenvalue weighted by Crippen LogP contribution is -2.03. The molecule has 0 radical (unpaired) electrons. The van der Waals surface area contributed by atoms with Crippen LogP contribution in [0.2, 0.25) is 5.02 Å². The summed E-state index contributed by atoms with van der Waals surface area (Å²) in [6.07, 6.45) is 5.77. The van der Waals surface area contributed by atoms with Crippen LogP contribution in [-0.4, -0.2) is 24.1 Å². The topological polar surface area (TPSA) is 48.0 Å². The van der Waals surface area contributed by atoms with Crippen molar-refractivity contribution in [2.75, 3.05) is 0 Å². The van der Waals surface area contributed by atoms with Gasteiger partial charge in [0.1, 0.15) is 17.8 Å². The van der Waals surface area contributed by atoms with E-state index in [-0.39, 0.29) is 0 Å². The largest absolute Gasteiger partial charge is 0.303 e. The van der Waals surface area contributed by atoms with Crippen LogP contribution in [0.5, 0.6) is 0 Å². The van der Waals surface area contributed by atoms with Gasteiger partial charge in [-0.15, -0.1) is 0 Å². The standard InChI is InChI=1S/C18H14ClN5/c1-2-24-17(20-12-21-24)11-15-18(13-6-8-14(19)9-7-13)22-16-5-3-4-10-23(15)16/h2-10,12H,1,11H2. The third-order valence-electron chi connectivity index (χ3n) is 3.89. The van der Waals surface area contributed by atoms with Crippen LogP contribution < -0.4 is 0 Å². The van der Waals surface area contributed by atoms with E-state index in [1.807, 2.05) is 48.7 Å². The number of nitrogens with zero attached hydrogens (tertiary/aromatic N) is 5. The smallest absolute Gasteiger partial charge is 0.138 e. The number of fused-ring (bicyclic) bond motifs is 1. The minimum absolute atomic E-state index is 0.592. The van der Waals surface area contributed by atoms with Crippen LogP contribution in [0.4, 0.5) is 0 Å². The number of pyridine rings is 1. The minimum Gasteiger partial charge on any atom is -0.303 e. The summed E-state index contributed by atoms with van der Waals surface area (Å²) in [5.74, 6) is 0.811. The Morgan fingerprint density at radius 1 is 1.12 bits per heavy atom. The zero-order valence-electron chi connectivity index (χ0n) is 12.8. The summed E-state index contributed by atoms with van der Waals surface area (Å²) in [4.78, 5) is 9.12. The van der Waals surface area contributed by atoms with Crippen molar-refractivity contribution in [1.29, 1.82) is 0 Å². The summed E-state index contributed by atoms with van der Waals surface area (Å²) in [5.41, 5.74) is 3.87. The van der Waals surface area contributed by atoms with Gasteiger partial charge in [0, 0.05) is 23.0 Å². The molecular weight excluding hydrogens is 322 g/mol. The van der Waals surface area contributed by atoms with Gasteiger partial charge in [-0.3, -0.25) is 0 Å². The van der Waals surface area contributed by atoms with Gasteiger partial charge in [0.2, 0.25) is 0 Å². The first-order chi connectivity index (χ1) is 11.8. The Morgan fingerprint density at radius 3 is 2.75 bits per heavy atom. The molecular formula is C18H14ClN5. The molecule has 118 valence electrons. The van der Waals surface area contributed by atoms with E-state index in [0.717, 1.165) is 28.4 Å².